The molecule has 5 nitrogen and oxygen atoms in total. The molecule has 0 unspecified atom stereocenters. The van der Waals surface area contributed by atoms with E-state index in [0.29, 0.717) is 6.54 Å². The molecule has 2 N–H and O–H groups in total. The van der Waals surface area contributed by atoms with Crippen LogP contribution in [0.15, 0.2) is 18.2 Å². The third kappa shape index (κ3) is 3.31. The third-order valence-corrected chi connectivity index (χ3v) is 3.12. The van der Waals surface area contributed by atoms with Crippen molar-refractivity contribution in [3.63, 3.8) is 0 Å². The minimum absolute atomic E-state index is 0.125. The van der Waals surface area contributed by atoms with Gasteiger partial charge in [0.15, 0.2) is 0 Å². The number of non-ortho nitro benzene ring substituents is 1. The van der Waals surface area contributed by atoms with Crippen molar-refractivity contribution in [3.05, 3.63) is 31.9 Å². The summed E-state index contributed by atoms with van der Waals surface area (Å²) in [4.78, 5) is 12.2. The predicted octanol–water partition coefficient (Wildman–Crippen LogP) is 1.98. The minimum atomic E-state index is -0.383. The summed E-state index contributed by atoms with van der Waals surface area (Å²) >= 11 is 2.11. The highest BCUT2D eigenvalue weighted by molar-refractivity contribution is 14.1. The maximum absolute atomic E-state index is 10.6. The number of nitro benzene ring substituents is 1. The normalized spacial score (nSPS) is 10.2. The molecule has 0 saturated carbocycles. The van der Waals surface area contributed by atoms with Crippen LogP contribution in [0, 0.1) is 13.7 Å². The fourth-order valence-corrected chi connectivity index (χ4v) is 2.28. The van der Waals surface area contributed by atoms with Gasteiger partial charge in [0.2, 0.25) is 0 Å². The van der Waals surface area contributed by atoms with E-state index < -0.39 is 0 Å². The number of hydrogen-bond acceptors (Lipinski definition) is 4. The van der Waals surface area contributed by atoms with Gasteiger partial charge in [0.05, 0.1) is 10.6 Å². The van der Waals surface area contributed by atoms with E-state index in [-0.39, 0.29) is 10.6 Å². The van der Waals surface area contributed by atoms with E-state index in [1.807, 2.05) is 7.05 Å². The van der Waals surface area contributed by atoms with Crippen molar-refractivity contribution in [1.82, 2.24) is 0 Å². The standard InChI is InChI=1S/C10H14IN3O2/c1-13(6-2-5-12)10-4-3-8(14(15)16)7-9(10)11/h3-4,7H,2,5-6,12H2,1H3. The van der Waals surface area contributed by atoms with Gasteiger partial charge >= 0.3 is 0 Å². The quantitative estimate of drug-likeness (QED) is 0.507. The lowest BCUT2D eigenvalue weighted by Crippen LogP contribution is -2.21. The van der Waals surface area contributed by atoms with Crippen molar-refractivity contribution < 1.29 is 4.92 Å². The van der Waals surface area contributed by atoms with Gasteiger partial charge < -0.3 is 10.6 Å². The summed E-state index contributed by atoms with van der Waals surface area (Å²) in [5.41, 5.74) is 6.56. The van der Waals surface area contributed by atoms with Crippen LogP contribution in [0.25, 0.3) is 0 Å². The van der Waals surface area contributed by atoms with Gasteiger partial charge in [-0.25, -0.2) is 0 Å². The second-order valence-corrected chi connectivity index (χ2v) is 4.62. The van der Waals surface area contributed by atoms with Gasteiger partial charge in [-0.1, -0.05) is 0 Å². The molecule has 0 aliphatic carbocycles. The maximum Gasteiger partial charge on any atom is 0.270 e. The molecule has 0 saturated heterocycles. The highest BCUT2D eigenvalue weighted by atomic mass is 127. The first-order chi connectivity index (χ1) is 7.56. The Kier molecular flexibility index (Phi) is 4.94. The Labute approximate surface area is 108 Å². The van der Waals surface area contributed by atoms with Gasteiger partial charge in [-0.3, -0.25) is 10.1 Å². The summed E-state index contributed by atoms with van der Waals surface area (Å²) in [7, 11) is 1.96. The highest BCUT2D eigenvalue weighted by Crippen LogP contribution is 2.26. The molecular formula is C10H14IN3O2. The topological polar surface area (TPSA) is 72.4 Å². The van der Waals surface area contributed by atoms with E-state index in [1.165, 1.54) is 6.07 Å². The second kappa shape index (κ2) is 6.00. The van der Waals surface area contributed by atoms with E-state index in [1.54, 1.807) is 12.1 Å². The van der Waals surface area contributed by atoms with Crippen molar-refractivity contribution >= 4 is 34.0 Å². The van der Waals surface area contributed by atoms with Crippen LogP contribution in [-0.4, -0.2) is 25.1 Å². The van der Waals surface area contributed by atoms with E-state index >= 15 is 0 Å². The summed E-state index contributed by atoms with van der Waals surface area (Å²) in [5, 5.41) is 10.6. The molecule has 88 valence electrons. The van der Waals surface area contributed by atoms with Crippen LogP contribution in [-0.2, 0) is 0 Å². The van der Waals surface area contributed by atoms with Crippen molar-refractivity contribution in [2.24, 2.45) is 5.73 Å². The number of anilines is 1. The van der Waals surface area contributed by atoms with Crippen LogP contribution in [0.3, 0.4) is 0 Å². The average molecular weight is 335 g/mol. The molecule has 0 aliphatic heterocycles. The summed E-state index contributed by atoms with van der Waals surface area (Å²) in [5.74, 6) is 0. The maximum atomic E-state index is 10.6. The largest absolute Gasteiger partial charge is 0.374 e. The molecule has 0 aliphatic rings. The first-order valence-electron chi connectivity index (χ1n) is 4.91. The Hall–Kier alpha value is -0.890. The second-order valence-electron chi connectivity index (χ2n) is 3.46. The van der Waals surface area contributed by atoms with Crippen molar-refractivity contribution in [3.8, 4) is 0 Å². The van der Waals surface area contributed by atoms with Gasteiger partial charge in [-0.15, -0.1) is 0 Å². The van der Waals surface area contributed by atoms with Crippen LogP contribution >= 0.6 is 22.6 Å². The fraction of sp³-hybridized carbons (Fsp3) is 0.400. The third-order valence-electron chi connectivity index (χ3n) is 2.25. The van der Waals surface area contributed by atoms with Gasteiger partial charge in [0, 0.05) is 29.3 Å². The van der Waals surface area contributed by atoms with Crippen molar-refractivity contribution in [1.29, 1.82) is 0 Å². The summed E-state index contributed by atoms with van der Waals surface area (Å²) < 4.78 is 0.881. The Morgan fingerprint density at radius 1 is 1.56 bits per heavy atom. The zero-order chi connectivity index (χ0) is 12.1. The number of hydrogen-bond donors (Lipinski definition) is 1. The van der Waals surface area contributed by atoms with Crippen LogP contribution in [0.1, 0.15) is 6.42 Å². The van der Waals surface area contributed by atoms with E-state index in [4.69, 9.17) is 5.73 Å². The SMILES string of the molecule is CN(CCCN)c1ccc([N+](=O)[O-])cc1I. The smallest absolute Gasteiger partial charge is 0.270 e. The van der Waals surface area contributed by atoms with Gasteiger partial charge in [-0.05, 0) is 41.6 Å². The van der Waals surface area contributed by atoms with Gasteiger partial charge in [0.1, 0.15) is 0 Å². The number of benzene rings is 1. The Balaban J connectivity index is 2.85. The number of nitrogens with zero attached hydrogens (tertiary/aromatic N) is 2. The molecule has 1 rings (SSSR count). The molecule has 0 aromatic heterocycles. The zero-order valence-corrected chi connectivity index (χ0v) is 11.2. The summed E-state index contributed by atoms with van der Waals surface area (Å²) in [6, 6.07) is 4.88. The number of rotatable bonds is 5. The van der Waals surface area contributed by atoms with Gasteiger partial charge in [0.25, 0.3) is 5.69 Å². The van der Waals surface area contributed by atoms with Crippen LogP contribution < -0.4 is 10.6 Å². The Morgan fingerprint density at radius 2 is 2.25 bits per heavy atom. The number of nitro groups is 1. The molecule has 0 heterocycles. The molecule has 0 fully saturated rings. The predicted molar refractivity (Wildman–Crippen MR) is 72.8 cm³/mol. The number of nitrogens with two attached hydrogens (primary N) is 1. The fourth-order valence-electron chi connectivity index (χ4n) is 1.37. The summed E-state index contributed by atoms with van der Waals surface area (Å²) in [6.45, 7) is 1.50. The monoisotopic (exact) mass is 335 g/mol. The van der Waals surface area contributed by atoms with E-state index in [0.717, 1.165) is 22.2 Å². The zero-order valence-electron chi connectivity index (χ0n) is 9.02. The molecule has 0 atom stereocenters. The van der Waals surface area contributed by atoms with Crippen LogP contribution in [0.4, 0.5) is 11.4 Å². The minimum Gasteiger partial charge on any atom is -0.374 e. The van der Waals surface area contributed by atoms with Crippen LogP contribution in [0.5, 0.6) is 0 Å². The Bertz CT molecular complexity index is 384. The molecular weight excluding hydrogens is 321 g/mol. The van der Waals surface area contributed by atoms with Crippen molar-refractivity contribution in [2.75, 3.05) is 25.0 Å². The van der Waals surface area contributed by atoms with E-state index in [9.17, 15) is 10.1 Å². The van der Waals surface area contributed by atoms with Gasteiger partial charge in [-0.2, -0.15) is 0 Å². The molecule has 6 heteroatoms. The Morgan fingerprint density at radius 3 is 2.75 bits per heavy atom. The first kappa shape index (κ1) is 13.2. The lowest BCUT2D eigenvalue weighted by molar-refractivity contribution is -0.384. The lowest BCUT2D eigenvalue weighted by Gasteiger charge is -2.20. The lowest BCUT2D eigenvalue weighted by atomic mass is 10.2. The molecule has 0 radical (unpaired) electrons. The molecule has 1 aromatic carbocycles. The highest BCUT2D eigenvalue weighted by Gasteiger charge is 2.11. The molecule has 16 heavy (non-hydrogen) atoms. The first-order valence-corrected chi connectivity index (χ1v) is 5.99. The molecule has 1 aromatic rings. The number of halogens is 1. The summed E-state index contributed by atoms with van der Waals surface area (Å²) in [6.07, 6.45) is 0.906. The van der Waals surface area contributed by atoms with Crippen LogP contribution in [0.2, 0.25) is 0 Å². The average Bonchev–Trinajstić information content (AvgIpc) is 2.25. The van der Waals surface area contributed by atoms with E-state index in [2.05, 4.69) is 27.5 Å². The molecule has 0 amide bonds. The molecule has 0 bridgehead atoms. The molecule has 0 spiro atoms. The van der Waals surface area contributed by atoms with Crippen molar-refractivity contribution in [2.45, 2.75) is 6.42 Å².